The van der Waals surface area contributed by atoms with Crippen molar-refractivity contribution in [3.63, 3.8) is 0 Å². The molecule has 2 N–H and O–H groups in total. The van der Waals surface area contributed by atoms with Crippen LogP contribution >= 0.6 is 23.4 Å². The Bertz CT molecular complexity index is 774. The molecular weight excluding hydrogens is 361 g/mol. The van der Waals surface area contributed by atoms with Gasteiger partial charge in [-0.15, -0.1) is 11.8 Å². The third-order valence-electron chi connectivity index (χ3n) is 3.46. The highest BCUT2D eigenvalue weighted by Crippen LogP contribution is 2.26. The van der Waals surface area contributed by atoms with Crippen LogP contribution in [0.25, 0.3) is 0 Å². The lowest BCUT2D eigenvalue weighted by Gasteiger charge is -2.16. The van der Waals surface area contributed by atoms with Gasteiger partial charge in [-0.2, -0.15) is 5.26 Å². The quantitative estimate of drug-likeness (QED) is 0.728. The Morgan fingerprint density at radius 2 is 2.08 bits per heavy atom. The second kappa shape index (κ2) is 9.42. The second-order valence-corrected chi connectivity index (χ2v) is 6.93. The van der Waals surface area contributed by atoms with Crippen molar-refractivity contribution in [3.05, 3.63) is 58.9 Å². The molecule has 1 amide bonds. The molecule has 7 heteroatoms. The topological polar surface area (TPSA) is 57.3 Å². The first kappa shape index (κ1) is 19.3. The molecular formula is C18H18ClFN3OS+. The molecule has 25 heavy (non-hydrogen) atoms. The van der Waals surface area contributed by atoms with Crippen molar-refractivity contribution in [1.82, 2.24) is 0 Å². The van der Waals surface area contributed by atoms with Gasteiger partial charge in [0.1, 0.15) is 12.4 Å². The van der Waals surface area contributed by atoms with Gasteiger partial charge in [0.05, 0.1) is 35.1 Å². The van der Waals surface area contributed by atoms with Crippen LogP contribution in [-0.4, -0.2) is 25.3 Å². The maximum absolute atomic E-state index is 13.8. The largest absolute Gasteiger partial charge is 0.326 e. The average Bonchev–Trinajstić information content (AvgIpc) is 2.57. The summed E-state index contributed by atoms with van der Waals surface area (Å²) in [5.74, 6) is -0.246. The van der Waals surface area contributed by atoms with Gasteiger partial charge in [0.25, 0.3) is 5.91 Å². The van der Waals surface area contributed by atoms with E-state index in [2.05, 4.69) is 11.4 Å². The van der Waals surface area contributed by atoms with Gasteiger partial charge >= 0.3 is 0 Å². The van der Waals surface area contributed by atoms with Crippen LogP contribution in [0.2, 0.25) is 5.02 Å². The number of nitrogens with zero attached hydrogens (tertiary/aromatic N) is 1. The third kappa shape index (κ3) is 5.75. The van der Waals surface area contributed by atoms with Crippen molar-refractivity contribution >= 4 is 35.0 Å². The molecule has 2 aromatic rings. The van der Waals surface area contributed by atoms with Crippen LogP contribution in [0, 0.1) is 17.1 Å². The number of quaternary nitrogens is 1. The zero-order valence-electron chi connectivity index (χ0n) is 13.7. The molecule has 0 aliphatic heterocycles. The van der Waals surface area contributed by atoms with E-state index in [9.17, 15) is 9.18 Å². The van der Waals surface area contributed by atoms with Crippen molar-refractivity contribution in [1.29, 1.82) is 5.26 Å². The Labute approximate surface area is 155 Å². The summed E-state index contributed by atoms with van der Waals surface area (Å²) in [7, 11) is 1.80. The molecule has 0 aromatic heterocycles. The van der Waals surface area contributed by atoms with Gasteiger partial charge in [-0.05, 0) is 24.3 Å². The minimum Gasteiger partial charge on any atom is -0.326 e. The number of likely N-dealkylation sites (N-methyl/N-ethyl adjacent to an activating group) is 1. The molecule has 0 radical (unpaired) electrons. The standard InChI is InChI=1S/C18H17ClFN3OS/c1-23(11-13-14(19)5-4-6-15(13)20)12-18(24)22-16-7-2-3-8-17(16)25-10-9-21/h2-8H,10-12H2,1H3,(H,22,24)/p+1. The zero-order chi connectivity index (χ0) is 18.2. The minimum absolute atomic E-state index is 0.169. The Hall–Kier alpha value is -2.07. The van der Waals surface area contributed by atoms with E-state index >= 15 is 0 Å². The molecule has 1 unspecified atom stereocenters. The molecule has 0 aliphatic rings. The van der Waals surface area contributed by atoms with Crippen LogP contribution in [0.15, 0.2) is 47.4 Å². The molecule has 4 nitrogen and oxygen atoms in total. The first-order valence-corrected chi connectivity index (χ1v) is 9.00. The van der Waals surface area contributed by atoms with Gasteiger partial charge in [0.2, 0.25) is 0 Å². The summed E-state index contributed by atoms with van der Waals surface area (Å²) >= 11 is 7.39. The number of thioether (sulfide) groups is 1. The minimum atomic E-state index is -0.370. The predicted octanol–water partition coefficient (Wildman–Crippen LogP) is 2.75. The first-order chi connectivity index (χ1) is 12.0. The lowest BCUT2D eigenvalue weighted by molar-refractivity contribution is -0.885. The van der Waals surface area contributed by atoms with Crippen LogP contribution < -0.4 is 10.2 Å². The van der Waals surface area contributed by atoms with Gasteiger partial charge in [-0.3, -0.25) is 4.79 Å². The molecule has 0 saturated heterocycles. The molecule has 2 aromatic carbocycles. The lowest BCUT2D eigenvalue weighted by Crippen LogP contribution is -3.08. The fourth-order valence-electron chi connectivity index (χ4n) is 2.34. The Morgan fingerprint density at radius 1 is 1.32 bits per heavy atom. The van der Waals surface area contributed by atoms with Gasteiger partial charge in [0, 0.05) is 4.90 Å². The van der Waals surface area contributed by atoms with E-state index in [4.69, 9.17) is 16.9 Å². The highest BCUT2D eigenvalue weighted by Gasteiger charge is 2.16. The van der Waals surface area contributed by atoms with Crippen LogP contribution in [0.3, 0.4) is 0 Å². The SMILES string of the molecule is C[NH+](CC(=O)Nc1ccccc1SCC#N)Cc1c(F)cccc1Cl. The second-order valence-electron chi connectivity index (χ2n) is 5.50. The number of anilines is 1. The van der Waals surface area contributed by atoms with E-state index in [-0.39, 0.29) is 18.3 Å². The van der Waals surface area contributed by atoms with Gasteiger partial charge in [0.15, 0.2) is 6.54 Å². The van der Waals surface area contributed by atoms with Crippen LogP contribution in [0.5, 0.6) is 0 Å². The number of hydrogen-bond donors (Lipinski definition) is 2. The lowest BCUT2D eigenvalue weighted by atomic mass is 10.2. The van der Waals surface area contributed by atoms with E-state index in [1.165, 1.54) is 17.8 Å². The predicted molar refractivity (Wildman–Crippen MR) is 98.3 cm³/mol. The molecule has 0 spiro atoms. The number of nitriles is 1. The molecule has 130 valence electrons. The normalized spacial score (nSPS) is 11.6. The highest BCUT2D eigenvalue weighted by molar-refractivity contribution is 7.99. The molecule has 2 rings (SSSR count). The van der Waals surface area contributed by atoms with Crippen LogP contribution in [-0.2, 0) is 11.3 Å². The van der Waals surface area contributed by atoms with Crippen molar-refractivity contribution in [2.75, 3.05) is 24.7 Å². The number of amides is 1. The van der Waals surface area contributed by atoms with E-state index in [1.807, 2.05) is 18.2 Å². The van der Waals surface area contributed by atoms with E-state index < -0.39 is 0 Å². The van der Waals surface area contributed by atoms with Gasteiger partial charge in [-0.25, -0.2) is 4.39 Å². The zero-order valence-corrected chi connectivity index (χ0v) is 15.3. The van der Waals surface area contributed by atoms with Gasteiger partial charge < -0.3 is 10.2 Å². The number of carbonyl (C=O) groups excluding carboxylic acids is 1. The van der Waals surface area contributed by atoms with Crippen molar-refractivity contribution in [2.45, 2.75) is 11.4 Å². The number of benzene rings is 2. The molecule has 0 heterocycles. The van der Waals surface area contributed by atoms with Crippen molar-refractivity contribution < 1.29 is 14.1 Å². The molecule has 0 fully saturated rings. The third-order valence-corrected chi connectivity index (χ3v) is 4.75. The fraction of sp³-hybridized carbons (Fsp3) is 0.222. The molecule has 0 bridgehead atoms. The van der Waals surface area contributed by atoms with Crippen molar-refractivity contribution in [3.8, 4) is 6.07 Å². The molecule has 0 aliphatic carbocycles. The van der Waals surface area contributed by atoms with Crippen LogP contribution in [0.4, 0.5) is 10.1 Å². The monoisotopic (exact) mass is 378 g/mol. The van der Waals surface area contributed by atoms with E-state index in [0.29, 0.717) is 28.6 Å². The number of rotatable bonds is 7. The number of hydrogen-bond acceptors (Lipinski definition) is 3. The summed E-state index contributed by atoms with van der Waals surface area (Å²) in [4.78, 5) is 13.9. The average molecular weight is 379 g/mol. The molecule has 0 saturated carbocycles. The van der Waals surface area contributed by atoms with Crippen molar-refractivity contribution in [2.24, 2.45) is 0 Å². The van der Waals surface area contributed by atoms with E-state index in [1.54, 1.807) is 25.2 Å². The Morgan fingerprint density at radius 3 is 2.80 bits per heavy atom. The summed E-state index contributed by atoms with van der Waals surface area (Å²) in [6, 6.07) is 13.9. The summed E-state index contributed by atoms with van der Waals surface area (Å²) in [6.07, 6.45) is 0. The van der Waals surface area contributed by atoms with Crippen LogP contribution in [0.1, 0.15) is 5.56 Å². The summed E-state index contributed by atoms with van der Waals surface area (Å²) in [5, 5.41) is 11.9. The Balaban J connectivity index is 1.97. The summed E-state index contributed by atoms with van der Waals surface area (Å²) in [5.41, 5.74) is 1.07. The van der Waals surface area contributed by atoms with Gasteiger partial charge in [-0.1, -0.05) is 29.8 Å². The number of para-hydroxylation sites is 1. The maximum Gasteiger partial charge on any atom is 0.279 e. The maximum atomic E-state index is 13.8. The number of nitrogens with one attached hydrogen (secondary N) is 2. The summed E-state index contributed by atoms with van der Waals surface area (Å²) < 4.78 is 13.8. The van der Waals surface area contributed by atoms with E-state index in [0.717, 1.165) is 9.80 Å². The smallest absolute Gasteiger partial charge is 0.279 e. The first-order valence-electron chi connectivity index (χ1n) is 7.64. The molecule has 1 atom stereocenters. The number of carbonyl (C=O) groups is 1. The summed E-state index contributed by atoms with van der Waals surface area (Å²) in [6.45, 7) is 0.478. The fourth-order valence-corrected chi connectivity index (χ4v) is 3.24. The Kier molecular flexibility index (Phi) is 7.26. The number of halogens is 2. The highest BCUT2D eigenvalue weighted by atomic mass is 35.5.